The summed E-state index contributed by atoms with van der Waals surface area (Å²) in [5.41, 5.74) is 0. The molecule has 2 heteroatoms. The molecule has 0 amide bonds. The van der Waals surface area contributed by atoms with E-state index in [1.54, 1.807) is 0 Å². The molecule has 64 valence electrons. The van der Waals surface area contributed by atoms with Crippen molar-refractivity contribution >= 4 is 15.9 Å². The van der Waals surface area contributed by atoms with Crippen LogP contribution < -0.4 is 5.32 Å². The van der Waals surface area contributed by atoms with Gasteiger partial charge in [0.15, 0.2) is 0 Å². The van der Waals surface area contributed by atoms with Crippen molar-refractivity contribution in [1.29, 1.82) is 0 Å². The van der Waals surface area contributed by atoms with Gasteiger partial charge in [0, 0.05) is 4.83 Å². The zero-order chi connectivity index (χ0) is 7.68. The first-order chi connectivity index (χ1) is 5.36. The maximum Gasteiger partial charge on any atom is 0.0148 e. The number of nitrogens with one attached hydrogen (secondary N) is 1. The number of fused-ring (bicyclic) bond motifs is 1. The molecule has 1 aliphatic heterocycles. The second-order valence-electron chi connectivity index (χ2n) is 3.92. The smallest absolute Gasteiger partial charge is 0.0148 e. The molecule has 1 nitrogen and oxygen atoms in total. The van der Waals surface area contributed by atoms with Crippen LogP contribution in [0.5, 0.6) is 0 Å². The Morgan fingerprint density at radius 3 is 2.91 bits per heavy atom. The predicted octanol–water partition coefficient (Wildman–Crippen LogP) is 2.16. The van der Waals surface area contributed by atoms with Gasteiger partial charge in [0.05, 0.1) is 0 Å². The minimum Gasteiger partial charge on any atom is -0.316 e. The number of rotatable bonds is 0. The fourth-order valence-corrected chi connectivity index (χ4v) is 3.21. The lowest BCUT2D eigenvalue weighted by Crippen LogP contribution is -2.40. The molecule has 2 aliphatic rings. The van der Waals surface area contributed by atoms with Gasteiger partial charge in [0.25, 0.3) is 0 Å². The van der Waals surface area contributed by atoms with E-state index in [4.69, 9.17) is 0 Å². The second kappa shape index (κ2) is 3.44. The first-order valence-electron chi connectivity index (χ1n) is 4.71. The lowest BCUT2D eigenvalue weighted by Gasteiger charge is -2.37. The van der Waals surface area contributed by atoms with E-state index in [0.29, 0.717) is 0 Å². The summed E-state index contributed by atoms with van der Waals surface area (Å²) in [7, 11) is 0. The van der Waals surface area contributed by atoms with Crippen LogP contribution in [-0.2, 0) is 0 Å². The topological polar surface area (TPSA) is 12.0 Å². The highest BCUT2D eigenvalue weighted by Gasteiger charge is 2.30. The van der Waals surface area contributed by atoms with Crippen LogP contribution in [0.4, 0.5) is 0 Å². The van der Waals surface area contributed by atoms with E-state index in [0.717, 1.165) is 16.7 Å². The molecular weight excluding hydrogens is 202 g/mol. The van der Waals surface area contributed by atoms with Crippen molar-refractivity contribution in [1.82, 2.24) is 5.32 Å². The first-order valence-corrected chi connectivity index (χ1v) is 5.62. The van der Waals surface area contributed by atoms with Crippen LogP contribution in [0.3, 0.4) is 0 Å². The van der Waals surface area contributed by atoms with E-state index in [-0.39, 0.29) is 0 Å². The van der Waals surface area contributed by atoms with Gasteiger partial charge in [-0.05, 0) is 50.6 Å². The standard InChI is InChI=1S/C9H16BrN/c10-9-2-1-8-6-11-4-3-7(8)5-9/h7-9,11H,1-6H2/t7-,8+,9+/m1/s1. The molecular formula is C9H16BrN. The summed E-state index contributed by atoms with van der Waals surface area (Å²) in [6.45, 7) is 2.53. The molecule has 1 aliphatic carbocycles. The van der Waals surface area contributed by atoms with E-state index >= 15 is 0 Å². The highest BCUT2D eigenvalue weighted by molar-refractivity contribution is 9.09. The summed E-state index contributed by atoms with van der Waals surface area (Å²) in [4.78, 5) is 0.821. The number of hydrogen-bond donors (Lipinski definition) is 1. The zero-order valence-electron chi connectivity index (χ0n) is 6.85. The largest absolute Gasteiger partial charge is 0.316 e. The van der Waals surface area contributed by atoms with E-state index in [1.807, 2.05) is 0 Å². The van der Waals surface area contributed by atoms with E-state index in [2.05, 4.69) is 21.2 Å². The summed E-state index contributed by atoms with van der Waals surface area (Å²) in [5, 5.41) is 3.48. The molecule has 0 unspecified atom stereocenters. The molecule has 11 heavy (non-hydrogen) atoms. The normalized spacial score (nSPS) is 45.0. The van der Waals surface area contributed by atoms with Crippen LogP contribution in [0.1, 0.15) is 25.7 Å². The summed E-state index contributed by atoms with van der Waals surface area (Å²) >= 11 is 3.73. The molecule has 3 atom stereocenters. The predicted molar refractivity (Wildman–Crippen MR) is 51.0 cm³/mol. The van der Waals surface area contributed by atoms with Gasteiger partial charge in [0.1, 0.15) is 0 Å². The van der Waals surface area contributed by atoms with Crippen LogP contribution in [0.2, 0.25) is 0 Å². The minimum atomic E-state index is 0.821. The molecule has 0 aromatic rings. The molecule has 0 spiro atoms. The van der Waals surface area contributed by atoms with Gasteiger partial charge >= 0.3 is 0 Å². The molecule has 1 saturated carbocycles. The van der Waals surface area contributed by atoms with Crippen LogP contribution in [-0.4, -0.2) is 17.9 Å². The van der Waals surface area contributed by atoms with Crippen molar-refractivity contribution < 1.29 is 0 Å². The third-order valence-corrected chi connectivity index (χ3v) is 4.01. The average Bonchev–Trinajstić information content (AvgIpc) is 2.04. The van der Waals surface area contributed by atoms with Crippen LogP contribution in [0, 0.1) is 11.8 Å². The molecule has 0 radical (unpaired) electrons. The summed E-state index contributed by atoms with van der Waals surface area (Å²) in [6.07, 6.45) is 5.66. The Labute approximate surface area is 77.1 Å². The first kappa shape index (κ1) is 8.06. The number of hydrogen-bond acceptors (Lipinski definition) is 1. The quantitative estimate of drug-likeness (QED) is 0.614. The molecule has 2 fully saturated rings. The van der Waals surface area contributed by atoms with Crippen molar-refractivity contribution in [3.05, 3.63) is 0 Å². The second-order valence-corrected chi connectivity index (χ2v) is 5.22. The third kappa shape index (κ3) is 1.78. The van der Waals surface area contributed by atoms with E-state index in [1.165, 1.54) is 38.8 Å². The minimum absolute atomic E-state index is 0.821. The summed E-state index contributed by atoms with van der Waals surface area (Å²) in [6, 6.07) is 0. The van der Waals surface area contributed by atoms with Crippen molar-refractivity contribution in [3.63, 3.8) is 0 Å². The molecule has 1 heterocycles. The molecule has 1 N–H and O–H groups in total. The fourth-order valence-electron chi connectivity index (χ4n) is 2.47. The Balaban J connectivity index is 1.93. The van der Waals surface area contributed by atoms with Gasteiger partial charge < -0.3 is 5.32 Å². The van der Waals surface area contributed by atoms with Crippen molar-refractivity contribution in [2.24, 2.45) is 11.8 Å². The third-order valence-electron chi connectivity index (χ3n) is 3.17. The molecule has 0 bridgehead atoms. The van der Waals surface area contributed by atoms with Gasteiger partial charge in [-0.25, -0.2) is 0 Å². The van der Waals surface area contributed by atoms with E-state index in [9.17, 15) is 0 Å². The Morgan fingerprint density at radius 2 is 2.00 bits per heavy atom. The summed E-state index contributed by atoms with van der Waals surface area (Å²) < 4.78 is 0. The van der Waals surface area contributed by atoms with Crippen molar-refractivity contribution in [3.8, 4) is 0 Å². The van der Waals surface area contributed by atoms with Gasteiger partial charge in [-0.1, -0.05) is 15.9 Å². The zero-order valence-corrected chi connectivity index (χ0v) is 8.44. The van der Waals surface area contributed by atoms with Crippen LogP contribution in [0.15, 0.2) is 0 Å². The molecule has 1 saturated heterocycles. The maximum absolute atomic E-state index is 3.73. The van der Waals surface area contributed by atoms with Crippen molar-refractivity contribution in [2.45, 2.75) is 30.5 Å². The average molecular weight is 218 g/mol. The molecule has 0 aromatic heterocycles. The number of alkyl halides is 1. The van der Waals surface area contributed by atoms with Crippen LogP contribution >= 0.6 is 15.9 Å². The number of piperidine rings is 1. The highest BCUT2D eigenvalue weighted by Crippen LogP contribution is 2.36. The van der Waals surface area contributed by atoms with Gasteiger partial charge in [-0.3, -0.25) is 0 Å². The van der Waals surface area contributed by atoms with Crippen molar-refractivity contribution in [2.75, 3.05) is 13.1 Å². The SMILES string of the molecule is Br[C@H]1CC[C@H]2CNCC[C@@H]2C1. The maximum atomic E-state index is 3.73. The lowest BCUT2D eigenvalue weighted by molar-refractivity contribution is 0.191. The molecule has 2 rings (SSSR count). The molecule has 0 aromatic carbocycles. The Hall–Kier alpha value is 0.440. The Bertz CT molecular complexity index is 138. The monoisotopic (exact) mass is 217 g/mol. The highest BCUT2D eigenvalue weighted by atomic mass is 79.9. The Morgan fingerprint density at radius 1 is 1.09 bits per heavy atom. The van der Waals surface area contributed by atoms with Gasteiger partial charge in [0.2, 0.25) is 0 Å². The van der Waals surface area contributed by atoms with Crippen LogP contribution in [0.25, 0.3) is 0 Å². The number of halogens is 1. The van der Waals surface area contributed by atoms with E-state index < -0.39 is 0 Å². The van der Waals surface area contributed by atoms with Gasteiger partial charge in [-0.2, -0.15) is 0 Å². The lowest BCUT2D eigenvalue weighted by atomic mass is 9.76. The fraction of sp³-hybridized carbons (Fsp3) is 1.00. The van der Waals surface area contributed by atoms with Gasteiger partial charge in [-0.15, -0.1) is 0 Å². The Kier molecular flexibility index (Phi) is 2.52. The summed E-state index contributed by atoms with van der Waals surface area (Å²) in [5.74, 6) is 2.02.